The van der Waals surface area contributed by atoms with Gasteiger partial charge in [-0.15, -0.1) is 0 Å². The summed E-state index contributed by atoms with van der Waals surface area (Å²) >= 11 is 0. The Kier molecular flexibility index (Phi) is 5.33. The predicted octanol–water partition coefficient (Wildman–Crippen LogP) is 2.98. The first-order valence-corrected chi connectivity index (χ1v) is 6.25. The Morgan fingerprint density at radius 1 is 1.19 bits per heavy atom. The van der Waals surface area contributed by atoms with Crippen molar-refractivity contribution in [2.45, 2.75) is 39.7 Å². The van der Waals surface area contributed by atoms with E-state index in [1.807, 2.05) is 13.8 Å². The van der Waals surface area contributed by atoms with Gasteiger partial charge in [0, 0.05) is 18.8 Å². The molecular formula is C14H23NO. The lowest BCUT2D eigenvalue weighted by Gasteiger charge is -2.32. The highest BCUT2D eigenvalue weighted by Crippen LogP contribution is 2.20. The van der Waals surface area contributed by atoms with Crippen molar-refractivity contribution >= 4 is 5.69 Å². The molecule has 0 aliphatic carbocycles. The molecule has 1 aliphatic rings. The molecule has 0 radical (unpaired) electrons. The molecule has 2 heteroatoms. The van der Waals surface area contributed by atoms with Gasteiger partial charge < -0.3 is 10.0 Å². The molecular weight excluding hydrogens is 198 g/mol. The molecule has 1 aliphatic heterocycles. The Labute approximate surface area is 98.9 Å². The second kappa shape index (κ2) is 6.54. The van der Waals surface area contributed by atoms with Gasteiger partial charge in [-0.25, -0.2) is 0 Å². The van der Waals surface area contributed by atoms with Gasteiger partial charge in [-0.3, -0.25) is 0 Å². The zero-order chi connectivity index (χ0) is 12.0. The van der Waals surface area contributed by atoms with Crippen LogP contribution in [0.4, 0.5) is 5.69 Å². The highest BCUT2D eigenvalue weighted by molar-refractivity contribution is 5.47. The van der Waals surface area contributed by atoms with E-state index in [0.29, 0.717) is 0 Å². The number of aliphatic hydroxyl groups excluding tert-OH is 1. The van der Waals surface area contributed by atoms with E-state index in [-0.39, 0.29) is 6.10 Å². The van der Waals surface area contributed by atoms with Crippen molar-refractivity contribution in [1.82, 2.24) is 0 Å². The maximum atomic E-state index is 9.55. The number of β-amino-alcohol motifs (C(OH)–C–C–N with tert-alkyl or cyclic N) is 1. The van der Waals surface area contributed by atoms with E-state index in [1.165, 1.54) is 11.3 Å². The third kappa shape index (κ3) is 3.53. The molecule has 90 valence electrons. The Hall–Kier alpha value is -1.02. The number of aliphatic hydroxyl groups is 1. The summed E-state index contributed by atoms with van der Waals surface area (Å²) < 4.78 is 0. The van der Waals surface area contributed by atoms with Gasteiger partial charge in [-0.2, -0.15) is 0 Å². The smallest absolute Gasteiger partial charge is 0.0715 e. The summed E-state index contributed by atoms with van der Waals surface area (Å²) in [6.07, 6.45) is 1.89. The summed E-state index contributed by atoms with van der Waals surface area (Å²) in [7, 11) is 0. The van der Waals surface area contributed by atoms with Crippen molar-refractivity contribution in [3.05, 3.63) is 29.8 Å². The molecule has 1 N–H and O–H groups in total. The van der Waals surface area contributed by atoms with Crippen LogP contribution in [0, 0.1) is 6.92 Å². The molecule has 0 aromatic heterocycles. The van der Waals surface area contributed by atoms with Crippen molar-refractivity contribution in [1.29, 1.82) is 0 Å². The highest BCUT2D eigenvalue weighted by Gasteiger charge is 2.17. The summed E-state index contributed by atoms with van der Waals surface area (Å²) in [5.41, 5.74) is 2.51. The first-order valence-electron chi connectivity index (χ1n) is 6.25. The van der Waals surface area contributed by atoms with Crippen molar-refractivity contribution in [3.8, 4) is 0 Å². The lowest BCUT2D eigenvalue weighted by atomic mass is 10.1. The van der Waals surface area contributed by atoms with Gasteiger partial charge in [-0.05, 0) is 31.9 Å². The van der Waals surface area contributed by atoms with Crippen molar-refractivity contribution in [2.75, 3.05) is 18.0 Å². The average molecular weight is 221 g/mol. The van der Waals surface area contributed by atoms with Crippen LogP contribution >= 0.6 is 0 Å². The van der Waals surface area contributed by atoms with Crippen molar-refractivity contribution in [3.63, 3.8) is 0 Å². The van der Waals surface area contributed by atoms with Crippen LogP contribution in [0.3, 0.4) is 0 Å². The Morgan fingerprint density at radius 2 is 1.81 bits per heavy atom. The quantitative estimate of drug-likeness (QED) is 0.788. The van der Waals surface area contributed by atoms with Crippen molar-refractivity contribution in [2.24, 2.45) is 0 Å². The first kappa shape index (κ1) is 13.0. The number of nitrogens with zero attached hydrogens (tertiary/aromatic N) is 1. The van der Waals surface area contributed by atoms with Crippen LogP contribution in [0.1, 0.15) is 32.3 Å². The van der Waals surface area contributed by atoms with Crippen LogP contribution in [0.2, 0.25) is 0 Å². The van der Waals surface area contributed by atoms with Gasteiger partial charge in [0.25, 0.3) is 0 Å². The van der Waals surface area contributed by atoms with Gasteiger partial charge in [-0.1, -0.05) is 31.5 Å². The Balaban J connectivity index is 0.000000606. The van der Waals surface area contributed by atoms with Gasteiger partial charge in [0.2, 0.25) is 0 Å². The van der Waals surface area contributed by atoms with E-state index in [4.69, 9.17) is 0 Å². The predicted molar refractivity (Wildman–Crippen MR) is 70.0 cm³/mol. The molecule has 2 nitrogen and oxygen atoms in total. The molecule has 1 heterocycles. The zero-order valence-corrected chi connectivity index (χ0v) is 10.6. The topological polar surface area (TPSA) is 23.5 Å². The lowest BCUT2D eigenvalue weighted by Crippen LogP contribution is -2.38. The fraction of sp³-hybridized carbons (Fsp3) is 0.571. The minimum atomic E-state index is -0.148. The van der Waals surface area contributed by atoms with E-state index < -0.39 is 0 Å². The highest BCUT2D eigenvalue weighted by atomic mass is 16.3. The van der Waals surface area contributed by atoms with E-state index in [2.05, 4.69) is 36.1 Å². The number of aryl methyl sites for hydroxylation is 1. The van der Waals surface area contributed by atoms with Crippen LogP contribution in [-0.2, 0) is 0 Å². The van der Waals surface area contributed by atoms with Gasteiger partial charge in [0.05, 0.1) is 6.10 Å². The summed E-state index contributed by atoms with van der Waals surface area (Å²) in [5, 5.41) is 9.55. The Morgan fingerprint density at radius 3 is 2.38 bits per heavy atom. The third-order valence-electron chi connectivity index (χ3n) is 2.80. The van der Waals surface area contributed by atoms with Gasteiger partial charge in [0.1, 0.15) is 0 Å². The molecule has 0 bridgehead atoms. The zero-order valence-electron chi connectivity index (χ0n) is 10.6. The number of hydrogen-bond donors (Lipinski definition) is 1. The van der Waals surface area contributed by atoms with Crippen LogP contribution in [0.5, 0.6) is 0 Å². The monoisotopic (exact) mass is 221 g/mol. The first-order chi connectivity index (χ1) is 7.75. The summed E-state index contributed by atoms with van der Waals surface area (Å²) in [6, 6.07) is 8.51. The van der Waals surface area contributed by atoms with Crippen LogP contribution < -0.4 is 4.90 Å². The molecule has 1 fully saturated rings. The molecule has 0 spiro atoms. The van der Waals surface area contributed by atoms with Crippen molar-refractivity contribution < 1.29 is 5.11 Å². The minimum absolute atomic E-state index is 0.148. The fourth-order valence-corrected chi connectivity index (χ4v) is 1.94. The summed E-state index contributed by atoms with van der Waals surface area (Å²) in [5.74, 6) is 0. The van der Waals surface area contributed by atoms with E-state index >= 15 is 0 Å². The maximum absolute atomic E-state index is 9.55. The Bertz CT molecular complexity index is 294. The standard InChI is InChI=1S/C12H17NO.C2H6/c1-10-4-6-11(7-5-10)13-8-2-3-12(14)9-13;1-2/h4-7,12,14H,2-3,8-9H2,1H3;1-2H3. The van der Waals surface area contributed by atoms with E-state index in [0.717, 1.165) is 25.9 Å². The summed E-state index contributed by atoms with van der Waals surface area (Å²) in [4.78, 5) is 2.26. The fourth-order valence-electron chi connectivity index (χ4n) is 1.94. The largest absolute Gasteiger partial charge is 0.391 e. The van der Waals surface area contributed by atoms with Crippen LogP contribution in [0.25, 0.3) is 0 Å². The van der Waals surface area contributed by atoms with E-state index in [9.17, 15) is 5.11 Å². The normalized spacial score (nSPS) is 20.0. The number of rotatable bonds is 1. The molecule has 2 rings (SSSR count). The SMILES string of the molecule is CC.Cc1ccc(N2CCCC(O)C2)cc1. The average Bonchev–Trinajstić information content (AvgIpc) is 2.32. The number of piperidine rings is 1. The summed E-state index contributed by atoms with van der Waals surface area (Å²) in [6.45, 7) is 7.94. The lowest BCUT2D eigenvalue weighted by molar-refractivity contribution is 0.154. The molecule has 16 heavy (non-hydrogen) atoms. The molecule has 1 saturated heterocycles. The second-order valence-corrected chi connectivity index (χ2v) is 4.08. The van der Waals surface area contributed by atoms with Gasteiger partial charge >= 0.3 is 0 Å². The molecule has 1 aromatic carbocycles. The number of hydrogen-bond acceptors (Lipinski definition) is 2. The number of benzene rings is 1. The molecule has 1 atom stereocenters. The molecule has 1 unspecified atom stereocenters. The second-order valence-electron chi connectivity index (χ2n) is 4.08. The van der Waals surface area contributed by atoms with Gasteiger partial charge in [0.15, 0.2) is 0 Å². The molecule has 0 saturated carbocycles. The maximum Gasteiger partial charge on any atom is 0.0715 e. The number of anilines is 1. The molecule has 0 amide bonds. The van der Waals surface area contributed by atoms with Crippen LogP contribution in [-0.4, -0.2) is 24.3 Å². The third-order valence-corrected chi connectivity index (χ3v) is 2.80. The molecule has 1 aromatic rings. The van der Waals surface area contributed by atoms with E-state index in [1.54, 1.807) is 0 Å². The van der Waals surface area contributed by atoms with Crippen LogP contribution in [0.15, 0.2) is 24.3 Å². The minimum Gasteiger partial charge on any atom is -0.391 e.